The predicted molar refractivity (Wildman–Crippen MR) is 60.4 cm³/mol. The molecule has 0 amide bonds. The molecular weight excluding hydrogens is 196 g/mol. The second-order valence-electron chi connectivity index (χ2n) is 4.49. The van der Waals surface area contributed by atoms with Crippen LogP contribution < -0.4 is 0 Å². The first kappa shape index (κ1) is 10.7. The molecule has 2 heterocycles. The molecule has 14 heavy (non-hydrogen) atoms. The van der Waals surface area contributed by atoms with Gasteiger partial charge in [0.1, 0.15) is 0 Å². The Labute approximate surface area is 91.0 Å². The van der Waals surface area contributed by atoms with Gasteiger partial charge in [-0.3, -0.25) is 0 Å². The van der Waals surface area contributed by atoms with Crippen LogP contribution >= 0.6 is 12.0 Å². The minimum atomic E-state index is 0.871. The summed E-state index contributed by atoms with van der Waals surface area (Å²) in [5.41, 5.74) is 0. The van der Waals surface area contributed by atoms with Crippen molar-refractivity contribution in [2.75, 3.05) is 52.6 Å². The van der Waals surface area contributed by atoms with Crippen molar-refractivity contribution in [3.8, 4) is 0 Å². The van der Waals surface area contributed by atoms with E-state index in [1.807, 2.05) is 6.26 Å². The molecule has 2 aliphatic heterocycles. The van der Waals surface area contributed by atoms with Gasteiger partial charge in [-0.2, -0.15) is 0 Å². The van der Waals surface area contributed by atoms with Gasteiger partial charge >= 0.3 is 0 Å². The molecule has 0 aliphatic carbocycles. The normalized spacial score (nSPS) is 33.9. The summed E-state index contributed by atoms with van der Waals surface area (Å²) in [4.78, 5) is 5.02. The summed E-state index contributed by atoms with van der Waals surface area (Å²) < 4.78 is 5.30. The largest absolute Gasteiger partial charge is 0.314 e. The SMILES string of the molecule is CSOCCN1CC2CN(C)CC2C1. The zero-order valence-corrected chi connectivity index (χ0v) is 9.92. The Bertz CT molecular complexity index is 177. The van der Waals surface area contributed by atoms with Crippen molar-refractivity contribution in [1.29, 1.82) is 0 Å². The standard InChI is InChI=1S/C10H20N2OS/c1-11-5-9-7-12(3-4-13-14-2)8-10(9)6-11/h9-10H,3-8H2,1-2H3. The van der Waals surface area contributed by atoms with Crippen LogP contribution in [0.5, 0.6) is 0 Å². The fraction of sp³-hybridized carbons (Fsp3) is 1.00. The van der Waals surface area contributed by atoms with Crippen molar-refractivity contribution in [2.45, 2.75) is 0 Å². The van der Waals surface area contributed by atoms with Gasteiger partial charge in [-0.25, -0.2) is 0 Å². The van der Waals surface area contributed by atoms with E-state index in [9.17, 15) is 0 Å². The van der Waals surface area contributed by atoms with E-state index in [2.05, 4.69) is 16.8 Å². The third-order valence-electron chi connectivity index (χ3n) is 3.35. The third-order valence-corrected chi connectivity index (χ3v) is 3.76. The first-order valence-electron chi connectivity index (χ1n) is 5.36. The average molecular weight is 216 g/mol. The molecule has 0 saturated carbocycles. The van der Waals surface area contributed by atoms with E-state index in [0.717, 1.165) is 25.0 Å². The lowest BCUT2D eigenvalue weighted by atomic mass is 10.0. The number of nitrogens with zero attached hydrogens (tertiary/aromatic N) is 2. The molecule has 2 atom stereocenters. The van der Waals surface area contributed by atoms with Gasteiger partial charge in [-0.05, 0) is 30.9 Å². The zero-order chi connectivity index (χ0) is 9.97. The highest BCUT2D eigenvalue weighted by Gasteiger charge is 2.38. The Balaban J connectivity index is 1.69. The highest BCUT2D eigenvalue weighted by Crippen LogP contribution is 2.29. The van der Waals surface area contributed by atoms with Crippen molar-refractivity contribution in [3.05, 3.63) is 0 Å². The summed E-state index contributed by atoms with van der Waals surface area (Å²) in [6.07, 6.45) is 1.98. The molecule has 3 nitrogen and oxygen atoms in total. The molecule has 2 aliphatic rings. The molecule has 0 N–H and O–H groups in total. The van der Waals surface area contributed by atoms with E-state index in [4.69, 9.17) is 4.18 Å². The molecule has 2 saturated heterocycles. The number of fused-ring (bicyclic) bond motifs is 1. The van der Waals surface area contributed by atoms with Crippen molar-refractivity contribution in [1.82, 2.24) is 9.80 Å². The fourth-order valence-corrected chi connectivity index (χ4v) is 3.00. The maximum absolute atomic E-state index is 5.30. The summed E-state index contributed by atoms with van der Waals surface area (Å²) in [6, 6.07) is 0. The topological polar surface area (TPSA) is 15.7 Å². The summed E-state index contributed by atoms with van der Waals surface area (Å²) >= 11 is 1.47. The summed E-state index contributed by atoms with van der Waals surface area (Å²) in [5.74, 6) is 1.85. The van der Waals surface area contributed by atoms with Gasteiger partial charge in [0.25, 0.3) is 0 Å². The highest BCUT2D eigenvalue weighted by atomic mass is 32.2. The van der Waals surface area contributed by atoms with Crippen LogP contribution in [-0.2, 0) is 4.18 Å². The monoisotopic (exact) mass is 216 g/mol. The van der Waals surface area contributed by atoms with Gasteiger partial charge in [0.2, 0.25) is 0 Å². The summed E-state index contributed by atoms with van der Waals surface area (Å²) in [5, 5.41) is 0. The molecule has 2 rings (SSSR count). The Morgan fingerprint density at radius 2 is 1.86 bits per heavy atom. The maximum Gasteiger partial charge on any atom is 0.0740 e. The summed E-state index contributed by atoms with van der Waals surface area (Å²) in [7, 11) is 2.24. The molecule has 0 aromatic carbocycles. The smallest absolute Gasteiger partial charge is 0.0740 e. The van der Waals surface area contributed by atoms with Crippen LogP contribution in [0.25, 0.3) is 0 Å². The molecule has 82 valence electrons. The van der Waals surface area contributed by atoms with Crippen molar-refractivity contribution in [2.24, 2.45) is 11.8 Å². The molecule has 0 aromatic heterocycles. The van der Waals surface area contributed by atoms with Crippen molar-refractivity contribution < 1.29 is 4.18 Å². The van der Waals surface area contributed by atoms with Gasteiger partial charge in [0.05, 0.1) is 6.61 Å². The first-order chi connectivity index (χ1) is 6.79. The lowest BCUT2D eigenvalue weighted by Gasteiger charge is -2.18. The molecule has 4 heteroatoms. The van der Waals surface area contributed by atoms with E-state index in [1.165, 1.54) is 38.2 Å². The van der Waals surface area contributed by atoms with Gasteiger partial charge in [0, 0.05) is 39.0 Å². The molecule has 2 unspecified atom stereocenters. The third kappa shape index (κ3) is 2.42. The van der Waals surface area contributed by atoms with Crippen LogP contribution in [0.3, 0.4) is 0 Å². The Kier molecular flexibility index (Phi) is 3.71. The number of likely N-dealkylation sites (tertiary alicyclic amines) is 2. The van der Waals surface area contributed by atoms with Crippen molar-refractivity contribution in [3.63, 3.8) is 0 Å². The predicted octanol–water partition coefficient (Wildman–Crippen LogP) is 0.774. The van der Waals surface area contributed by atoms with Gasteiger partial charge < -0.3 is 14.0 Å². The second-order valence-corrected chi connectivity index (χ2v) is 5.06. The number of hydrogen-bond donors (Lipinski definition) is 0. The van der Waals surface area contributed by atoms with Crippen LogP contribution in [-0.4, -0.2) is 62.4 Å². The van der Waals surface area contributed by atoms with Crippen molar-refractivity contribution >= 4 is 12.0 Å². The lowest BCUT2D eigenvalue weighted by Crippen LogP contribution is -2.29. The van der Waals surface area contributed by atoms with E-state index in [1.54, 1.807) is 0 Å². The second kappa shape index (κ2) is 4.84. The average Bonchev–Trinajstić information content (AvgIpc) is 2.61. The highest BCUT2D eigenvalue weighted by molar-refractivity contribution is 7.93. The maximum atomic E-state index is 5.30. The van der Waals surface area contributed by atoms with Gasteiger partial charge in [-0.1, -0.05) is 0 Å². The van der Waals surface area contributed by atoms with Crippen LogP contribution in [0.2, 0.25) is 0 Å². The van der Waals surface area contributed by atoms with E-state index >= 15 is 0 Å². The summed E-state index contributed by atoms with van der Waals surface area (Å²) in [6.45, 7) is 7.14. The molecule has 2 fully saturated rings. The number of hydrogen-bond acceptors (Lipinski definition) is 4. The van der Waals surface area contributed by atoms with Crippen LogP contribution in [0.1, 0.15) is 0 Å². The first-order valence-corrected chi connectivity index (χ1v) is 6.51. The number of rotatable bonds is 4. The van der Waals surface area contributed by atoms with E-state index in [-0.39, 0.29) is 0 Å². The fourth-order valence-electron chi connectivity index (χ4n) is 2.76. The van der Waals surface area contributed by atoms with Crippen LogP contribution in [0.15, 0.2) is 0 Å². The molecular formula is C10H20N2OS. The lowest BCUT2D eigenvalue weighted by molar-refractivity contribution is 0.235. The van der Waals surface area contributed by atoms with Gasteiger partial charge in [0.15, 0.2) is 0 Å². The quantitative estimate of drug-likeness (QED) is 0.509. The minimum absolute atomic E-state index is 0.871. The Hall–Kier alpha value is 0.230. The molecule has 0 spiro atoms. The Morgan fingerprint density at radius 3 is 2.43 bits per heavy atom. The van der Waals surface area contributed by atoms with Crippen LogP contribution in [0.4, 0.5) is 0 Å². The van der Waals surface area contributed by atoms with Crippen LogP contribution in [0, 0.1) is 11.8 Å². The van der Waals surface area contributed by atoms with Gasteiger partial charge in [-0.15, -0.1) is 0 Å². The zero-order valence-electron chi connectivity index (χ0n) is 9.11. The van der Waals surface area contributed by atoms with E-state index in [0.29, 0.717) is 0 Å². The molecule has 0 radical (unpaired) electrons. The van der Waals surface area contributed by atoms with E-state index < -0.39 is 0 Å². The molecule has 0 aromatic rings. The Morgan fingerprint density at radius 1 is 1.21 bits per heavy atom. The minimum Gasteiger partial charge on any atom is -0.314 e. The molecule has 0 bridgehead atoms.